The molecular formula is C18H14F2N2OS. The molecule has 1 atom stereocenters. The molecule has 0 aliphatic heterocycles. The van der Waals surface area contributed by atoms with Gasteiger partial charge in [-0.05, 0) is 53.4 Å². The normalized spacial score (nSPS) is 11.8. The molecule has 1 unspecified atom stereocenters. The Bertz CT molecular complexity index is 802. The number of halogens is 2. The van der Waals surface area contributed by atoms with E-state index in [1.807, 2.05) is 17.5 Å². The Labute approximate surface area is 142 Å². The SMILES string of the molecule is O=C(Nc1ccc(F)cc1)NC(c1ccc(F)cc1)c1cccs1. The molecule has 6 heteroatoms. The zero-order valence-electron chi connectivity index (χ0n) is 12.5. The zero-order valence-corrected chi connectivity index (χ0v) is 13.3. The van der Waals surface area contributed by atoms with Crippen molar-refractivity contribution in [3.05, 3.63) is 88.1 Å². The summed E-state index contributed by atoms with van der Waals surface area (Å²) in [6.07, 6.45) is 0. The molecule has 1 heterocycles. The number of urea groups is 1. The van der Waals surface area contributed by atoms with Crippen LogP contribution in [0.1, 0.15) is 16.5 Å². The van der Waals surface area contributed by atoms with E-state index in [0.717, 1.165) is 10.4 Å². The molecule has 0 saturated heterocycles. The Hall–Kier alpha value is -2.73. The topological polar surface area (TPSA) is 41.1 Å². The lowest BCUT2D eigenvalue weighted by Gasteiger charge is -2.18. The second-order valence-corrected chi connectivity index (χ2v) is 6.08. The van der Waals surface area contributed by atoms with Gasteiger partial charge in [0.25, 0.3) is 0 Å². The molecule has 3 nitrogen and oxygen atoms in total. The lowest BCUT2D eigenvalue weighted by molar-refractivity contribution is 0.250. The summed E-state index contributed by atoms with van der Waals surface area (Å²) in [4.78, 5) is 13.2. The maximum absolute atomic E-state index is 13.1. The standard InChI is InChI=1S/C18H14F2N2OS/c19-13-5-3-12(4-6-13)17(16-2-1-11-24-16)22-18(23)21-15-9-7-14(20)8-10-15/h1-11,17H,(H2,21,22,23). The predicted molar refractivity (Wildman–Crippen MR) is 91.1 cm³/mol. The fraction of sp³-hybridized carbons (Fsp3) is 0.0556. The summed E-state index contributed by atoms with van der Waals surface area (Å²) in [6.45, 7) is 0. The van der Waals surface area contributed by atoms with Crippen LogP contribution < -0.4 is 10.6 Å². The summed E-state index contributed by atoms with van der Waals surface area (Å²) in [5.41, 5.74) is 1.26. The van der Waals surface area contributed by atoms with Crippen molar-refractivity contribution in [1.82, 2.24) is 5.32 Å². The average Bonchev–Trinajstić information content (AvgIpc) is 3.10. The third-order valence-electron chi connectivity index (χ3n) is 3.41. The molecule has 122 valence electrons. The monoisotopic (exact) mass is 344 g/mol. The number of carbonyl (C=O) groups is 1. The number of benzene rings is 2. The predicted octanol–water partition coefficient (Wildman–Crippen LogP) is 4.94. The fourth-order valence-corrected chi connectivity index (χ4v) is 3.06. The van der Waals surface area contributed by atoms with E-state index in [1.165, 1.54) is 47.7 Å². The maximum atomic E-state index is 13.1. The zero-order chi connectivity index (χ0) is 16.9. The minimum atomic E-state index is -0.427. The molecular weight excluding hydrogens is 330 g/mol. The summed E-state index contributed by atoms with van der Waals surface area (Å²) < 4.78 is 26.1. The van der Waals surface area contributed by atoms with Crippen LogP contribution in [0.3, 0.4) is 0 Å². The van der Waals surface area contributed by atoms with Crippen LogP contribution in [0.5, 0.6) is 0 Å². The van der Waals surface area contributed by atoms with Gasteiger partial charge in [-0.25, -0.2) is 13.6 Å². The third-order valence-corrected chi connectivity index (χ3v) is 4.35. The van der Waals surface area contributed by atoms with Gasteiger partial charge in [-0.2, -0.15) is 0 Å². The molecule has 0 saturated carbocycles. The molecule has 2 N–H and O–H groups in total. The van der Waals surface area contributed by atoms with E-state index < -0.39 is 12.1 Å². The summed E-state index contributed by atoms with van der Waals surface area (Å²) in [5.74, 6) is -0.705. The van der Waals surface area contributed by atoms with Gasteiger partial charge in [0.05, 0.1) is 6.04 Å². The molecule has 0 aliphatic rings. The molecule has 0 spiro atoms. The molecule has 0 aliphatic carbocycles. The molecule has 2 aromatic carbocycles. The van der Waals surface area contributed by atoms with Crippen LogP contribution >= 0.6 is 11.3 Å². The van der Waals surface area contributed by atoms with Gasteiger partial charge < -0.3 is 10.6 Å². The highest BCUT2D eigenvalue weighted by atomic mass is 32.1. The first-order valence-corrected chi connectivity index (χ1v) is 8.12. The van der Waals surface area contributed by atoms with Crippen LogP contribution in [-0.4, -0.2) is 6.03 Å². The second kappa shape index (κ2) is 7.23. The Balaban J connectivity index is 1.77. The van der Waals surface area contributed by atoms with Crippen molar-refractivity contribution in [3.63, 3.8) is 0 Å². The lowest BCUT2D eigenvalue weighted by Crippen LogP contribution is -2.32. The van der Waals surface area contributed by atoms with E-state index in [9.17, 15) is 13.6 Å². The van der Waals surface area contributed by atoms with Crippen LogP contribution in [0.2, 0.25) is 0 Å². The van der Waals surface area contributed by atoms with Crippen molar-refractivity contribution in [2.45, 2.75) is 6.04 Å². The van der Waals surface area contributed by atoms with Crippen molar-refractivity contribution < 1.29 is 13.6 Å². The number of nitrogens with one attached hydrogen (secondary N) is 2. The minimum Gasteiger partial charge on any atom is -0.326 e. The van der Waals surface area contributed by atoms with Gasteiger partial charge in [-0.3, -0.25) is 0 Å². The highest BCUT2D eigenvalue weighted by molar-refractivity contribution is 7.10. The van der Waals surface area contributed by atoms with Gasteiger partial charge in [-0.1, -0.05) is 18.2 Å². The molecule has 0 radical (unpaired) electrons. The number of amides is 2. The summed E-state index contributed by atoms with van der Waals surface area (Å²) in [5, 5.41) is 7.43. The minimum absolute atomic E-state index is 0.334. The Morgan fingerprint density at radius 3 is 2.12 bits per heavy atom. The van der Waals surface area contributed by atoms with Crippen LogP contribution in [0.4, 0.5) is 19.3 Å². The van der Waals surface area contributed by atoms with Crippen LogP contribution in [0, 0.1) is 11.6 Å². The first kappa shape index (κ1) is 16.1. The second-order valence-electron chi connectivity index (χ2n) is 5.11. The number of hydrogen-bond donors (Lipinski definition) is 2. The van der Waals surface area contributed by atoms with E-state index in [2.05, 4.69) is 10.6 Å². The quantitative estimate of drug-likeness (QED) is 0.692. The first-order valence-electron chi connectivity index (χ1n) is 7.24. The lowest BCUT2D eigenvalue weighted by atomic mass is 10.1. The van der Waals surface area contributed by atoms with Gasteiger partial charge in [0.1, 0.15) is 11.6 Å². The van der Waals surface area contributed by atoms with Gasteiger partial charge in [0.15, 0.2) is 0 Å². The van der Waals surface area contributed by atoms with E-state index >= 15 is 0 Å². The maximum Gasteiger partial charge on any atom is 0.320 e. The van der Waals surface area contributed by atoms with Gasteiger partial charge in [-0.15, -0.1) is 11.3 Å². The van der Waals surface area contributed by atoms with E-state index in [4.69, 9.17) is 0 Å². The Kier molecular flexibility index (Phi) is 4.86. The van der Waals surface area contributed by atoms with Crippen molar-refractivity contribution in [1.29, 1.82) is 0 Å². The Morgan fingerprint density at radius 2 is 1.54 bits per heavy atom. The Morgan fingerprint density at radius 1 is 0.917 bits per heavy atom. The van der Waals surface area contributed by atoms with Gasteiger partial charge in [0.2, 0.25) is 0 Å². The fourth-order valence-electron chi connectivity index (χ4n) is 2.26. The smallest absolute Gasteiger partial charge is 0.320 e. The number of carbonyl (C=O) groups excluding carboxylic acids is 1. The molecule has 3 rings (SSSR count). The highest BCUT2D eigenvalue weighted by Gasteiger charge is 2.18. The largest absolute Gasteiger partial charge is 0.326 e. The van der Waals surface area contributed by atoms with E-state index in [-0.39, 0.29) is 11.6 Å². The molecule has 24 heavy (non-hydrogen) atoms. The number of rotatable bonds is 4. The molecule has 2 amide bonds. The van der Waals surface area contributed by atoms with Crippen molar-refractivity contribution in [3.8, 4) is 0 Å². The molecule has 0 bridgehead atoms. The van der Waals surface area contributed by atoms with Crippen molar-refractivity contribution in [2.75, 3.05) is 5.32 Å². The van der Waals surface area contributed by atoms with Crippen LogP contribution in [-0.2, 0) is 0 Å². The van der Waals surface area contributed by atoms with Crippen LogP contribution in [0.15, 0.2) is 66.0 Å². The molecule has 1 aromatic heterocycles. The highest BCUT2D eigenvalue weighted by Crippen LogP contribution is 2.26. The molecule has 0 fully saturated rings. The summed E-state index contributed by atoms with van der Waals surface area (Å²) in [6, 6.07) is 14.4. The van der Waals surface area contributed by atoms with Crippen LogP contribution in [0.25, 0.3) is 0 Å². The summed E-state index contributed by atoms with van der Waals surface area (Å²) in [7, 11) is 0. The van der Waals surface area contributed by atoms with Gasteiger partial charge >= 0.3 is 6.03 Å². The molecule has 3 aromatic rings. The van der Waals surface area contributed by atoms with E-state index in [1.54, 1.807) is 12.1 Å². The first-order chi connectivity index (χ1) is 11.6. The van der Waals surface area contributed by atoms with Gasteiger partial charge in [0, 0.05) is 10.6 Å². The van der Waals surface area contributed by atoms with Crippen molar-refractivity contribution >= 4 is 23.1 Å². The third kappa shape index (κ3) is 3.97. The number of anilines is 1. The number of hydrogen-bond acceptors (Lipinski definition) is 2. The average molecular weight is 344 g/mol. The van der Waals surface area contributed by atoms with E-state index in [0.29, 0.717) is 5.69 Å². The number of thiophene rings is 1. The summed E-state index contributed by atoms with van der Waals surface area (Å²) >= 11 is 1.49. The van der Waals surface area contributed by atoms with Crippen molar-refractivity contribution in [2.24, 2.45) is 0 Å².